The predicted molar refractivity (Wildman–Crippen MR) is 58.4 cm³/mol. The Morgan fingerprint density at radius 3 is 2.60 bits per heavy atom. The van der Waals surface area contributed by atoms with Crippen molar-refractivity contribution in [3.05, 3.63) is 28.8 Å². The fraction of sp³-hybridized carbons (Fsp3) is 0.364. The summed E-state index contributed by atoms with van der Waals surface area (Å²) in [4.78, 5) is 11.4. The molecule has 1 atom stereocenters. The van der Waals surface area contributed by atoms with Gasteiger partial charge < -0.3 is 9.47 Å². The van der Waals surface area contributed by atoms with E-state index in [4.69, 9.17) is 16.3 Å². The highest BCUT2D eigenvalue weighted by Crippen LogP contribution is 2.33. The van der Waals surface area contributed by atoms with E-state index in [1.54, 1.807) is 25.1 Å². The summed E-state index contributed by atoms with van der Waals surface area (Å²) in [7, 11) is 2.88. The Morgan fingerprint density at radius 1 is 1.40 bits per heavy atom. The largest absolute Gasteiger partial charge is 0.495 e. The van der Waals surface area contributed by atoms with Crippen LogP contribution in [0.4, 0.5) is 0 Å². The lowest BCUT2D eigenvalue weighted by Crippen LogP contribution is -2.11. The van der Waals surface area contributed by atoms with Gasteiger partial charge in [0.25, 0.3) is 0 Å². The van der Waals surface area contributed by atoms with Crippen LogP contribution in [0.3, 0.4) is 0 Å². The molecule has 0 radical (unpaired) electrons. The minimum Gasteiger partial charge on any atom is -0.495 e. The van der Waals surface area contributed by atoms with Crippen LogP contribution in [0, 0.1) is 0 Å². The molecular formula is C11H13ClO3. The van der Waals surface area contributed by atoms with E-state index >= 15 is 0 Å². The third-order valence-corrected chi connectivity index (χ3v) is 2.52. The molecule has 0 spiro atoms. The number of methoxy groups -OCH3 is 2. The first-order chi connectivity index (χ1) is 7.11. The van der Waals surface area contributed by atoms with Crippen molar-refractivity contribution >= 4 is 17.6 Å². The Kier molecular flexibility index (Phi) is 3.97. The molecule has 0 aliphatic rings. The summed E-state index contributed by atoms with van der Waals surface area (Å²) >= 11 is 5.94. The van der Waals surface area contributed by atoms with E-state index in [1.165, 1.54) is 14.2 Å². The van der Waals surface area contributed by atoms with Crippen molar-refractivity contribution in [1.82, 2.24) is 0 Å². The van der Waals surface area contributed by atoms with Crippen LogP contribution in [0.5, 0.6) is 5.75 Å². The van der Waals surface area contributed by atoms with E-state index in [0.717, 1.165) is 5.56 Å². The van der Waals surface area contributed by atoms with Crippen molar-refractivity contribution in [3.8, 4) is 5.75 Å². The van der Waals surface area contributed by atoms with Crippen molar-refractivity contribution in [2.75, 3.05) is 14.2 Å². The van der Waals surface area contributed by atoms with Crippen molar-refractivity contribution in [2.45, 2.75) is 12.8 Å². The molecule has 3 nitrogen and oxygen atoms in total. The van der Waals surface area contributed by atoms with Crippen LogP contribution in [0.2, 0.25) is 5.02 Å². The minimum absolute atomic E-state index is 0.310. The summed E-state index contributed by atoms with van der Waals surface area (Å²) in [5.41, 5.74) is 0.733. The van der Waals surface area contributed by atoms with E-state index < -0.39 is 0 Å². The number of benzene rings is 1. The fourth-order valence-corrected chi connectivity index (χ4v) is 1.64. The third kappa shape index (κ3) is 2.42. The van der Waals surface area contributed by atoms with Crippen LogP contribution in [0.15, 0.2) is 18.2 Å². The zero-order valence-corrected chi connectivity index (χ0v) is 9.67. The van der Waals surface area contributed by atoms with Gasteiger partial charge in [-0.15, -0.1) is 0 Å². The van der Waals surface area contributed by atoms with Gasteiger partial charge in [-0.1, -0.05) is 23.7 Å². The normalized spacial score (nSPS) is 12.0. The standard InChI is InChI=1S/C11H13ClO3/c1-7(11(13)15-3)8-5-4-6-9(12)10(8)14-2/h4-7H,1-3H3. The summed E-state index contributed by atoms with van der Waals surface area (Å²) in [5, 5.41) is 0.491. The molecule has 1 rings (SSSR count). The van der Waals surface area contributed by atoms with Crippen LogP contribution in [0.1, 0.15) is 18.4 Å². The highest BCUT2D eigenvalue weighted by Gasteiger charge is 2.20. The first kappa shape index (κ1) is 11.9. The van der Waals surface area contributed by atoms with Gasteiger partial charge in [0, 0.05) is 5.56 Å². The molecule has 0 heterocycles. The van der Waals surface area contributed by atoms with Crippen molar-refractivity contribution in [2.24, 2.45) is 0 Å². The highest BCUT2D eigenvalue weighted by molar-refractivity contribution is 6.32. The van der Waals surface area contributed by atoms with Crippen molar-refractivity contribution < 1.29 is 14.3 Å². The van der Waals surface area contributed by atoms with Gasteiger partial charge in [0.1, 0.15) is 5.75 Å². The fourth-order valence-electron chi connectivity index (χ4n) is 1.39. The summed E-state index contributed by atoms with van der Waals surface area (Å²) in [6.45, 7) is 1.75. The van der Waals surface area contributed by atoms with Crippen LogP contribution in [-0.2, 0) is 9.53 Å². The van der Waals surface area contributed by atoms with Gasteiger partial charge in [-0.3, -0.25) is 4.79 Å². The Hall–Kier alpha value is -1.22. The second-order valence-corrected chi connectivity index (χ2v) is 3.51. The maximum Gasteiger partial charge on any atom is 0.312 e. The number of carbonyl (C=O) groups is 1. The van der Waals surface area contributed by atoms with Crippen LogP contribution in [-0.4, -0.2) is 20.2 Å². The molecule has 1 unspecified atom stereocenters. The Balaban J connectivity index is 3.13. The molecule has 0 saturated carbocycles. The number of ether oxygens (including phenoxy) is 2. The number of para-hydroxylation sites is 1. The zero-order chi connectivity index (χ0) is 11.4. The van der Waals surface area contributed by atoms with E-state index in [0.29, 0.717) is 10.8 Å². The molecule has 0 aliphatic carbocycles. The topological polar surface area (TPSA) is 35.5 Å². The van der Waals surface area contributed by atoms with E-state index in [2.05, 4.69) is 4.74 Å². The first-order valence-electron chi connectivity index (χ1n) is 4.52. The van der Waals surface area contributed by atoms with Crippen molar-refractivity contribution in [1.29, 1.82) is 0 Å². The third-order valence-electron chi connectivity index (χ3n) is 2.22. The smallest absolute Gasteiger partial charge is 0.312 e. The minimum atomic E-state index is -0.386. The molecule has 1 aromatic rings. The Bertz CT molecular complexity index is 363. The number of carbonyl (C=O) groups excluding carboxylic acids is 1. The van der Waals surface area contributed by atoms with Crippen LogP contribution in [0.25, 0.3) is 0 Å². The molecule has 0 bridgehead atoms. The molecule has 0 saturated heterocycles. The average molecular weight is 229 g/mol. The van der Waals surface area contributed by atoms with Crippen LogP contribution < -0.4 is 4.74 Å². The molecule has 0 aromatic heterocycles. The lowest BCUT2D eigenvalue weighted by atomic mass is 10.0. The van der Waals surface area contributed by atoms with Gasteiger partial charge >= 0.3 is 5.97 Å². The van der Waals surface area contributed by atoms with E-state index in [9.17, 15) is 4.79 Å². The maximum atomic E-state index is 11.4. The van der Waals surface area contributed by atoms with Gasteiger partial charge in [-0.05, 0) is 13.0 Å². The SMILES string of the molecule is COC(=O)C(C)c1cccc(Cl)c1OC. The molecule has 4 heteroatoms. The molecule has 1 aromatic carbocycles. The molecule has 82 valence electrons. The number of hydrogen-bond donors (Lipinski definition) is 0. The predicted octanol–water partition coefficient (Wildman–Crippen LogP) is 2.63. The molecule has 15 heavy (non-hydrogen) atoms. The quantitative estimate of drug-likeness (QED) is 0.746. The first-order valence-corrected chi connectivity index (χ1v) is 4.89. The molecule has 0 fully saturated rings. The van der Waals surface area contributed by atoms with E-state index in [1.807, 2.05) is 0 Å². The van der Waals surface area contributed by atoms with Crippen LogP contribution >= 0.6 is 11.6 Å². The van der Waals surface area contributed by atoms with Gasteiger partial charge in [0.2, 0.25) is 0 Å². The molecule has 0 aliphatic heterocycles. The molecule has 0 N–H and O–H groups in total. The lowest BCUT2D eigenvalue weighted by molar-refractivity contribution is -0.142. The monoisotopic (exact) mass is 228 g/mol. The van der Waals surface area contributed by atoms with Crippen molar-refractivity contribution in [3.63, 3.8) is 0 Å². The van der Waals surface area contributed by atoms with Gasteiger partial charge in [-0.25, -0.2) is 0 Å². The van der Waals surface area contributed by atoms with E-state index in [-0.39, 0.29) is 11.9 Å². The number of esters is 1. The second kappa shape index (κ2) is 5.03. The van der Waals surface area contributed by atoms with Gasteiger partial charge in [0.05, 0.1) is 25.2 Å². The zero-order valence-electron chi connectivity index (χ0n) is 8.91. The Labute approximate surface area is 93.9 Å². The lowest BCUT2D eigenvalue weighted by Gasteiger charge is -2.14. The number of hydrogen-bond acceptors (Lipinski definition) is 3. The molecular weight excluding hydrogens is 216 g/mol. The van der Waals surface area contributed by atoms with Gasteiger partial charge in [0.15, 0.2) is 0 Å². The maximum absolute atomic E-state index is 11.4. The number of rotatable bonds is 3. The highest BCUT2D eigenvalue weighted by atomic mass is 35.5. The number of halogens is 1. The second-order valence-electron chi connectivity index (χ2n) is 3.11. The summed E-state index contributed by atoms with van der Waals surface area (Å²) in [5.74, 6) is -0.170. The summed E-state index contributed by atoms with van der Waals surface area (Å²) in [6.07, 6.45) is 0. The average Bonchev–Trinajstić information content (AvgIpc) is 2.26. The summed E-state index contributed by atoms with van der Waals surface area (Å²) in [6, 6.07) is 5.29. The van der Waals surface area contributed by atoms with Gasteiger partial charge in [-0.2, -0.15) is 0 Å². The molecule has 0 amide bonds. The Morgan fingerprint density at radius 2 is 2.07 bits per heavy atom. The summed E-state index contributed by atoms with van der Waals surface area (Å²) < 4.78 is 9.82.